The maximum Gasteiger partial charge on any atom is 0.310 e. The van der Waals surface area contributed by atoms with E-state index in [1.54, 1.807) is 0 Å². The van der Waals surface area contributed by atoms with Crippen molar-refractivity contribution in [3.8, 4) is 0 Å². The predicted octanol–water partition coefficient (Wildman–Crippen LogP) is 5.80. The van der Waals surface area contributed by atoms with Crippen LogP contribution in [0.5, 0.6) is 0 Å². The molecule has 0 nitrogen and oxygen atoms in total. The SMILES string of the molecule is [B-]c1cc(S(F)(F)(F)(F)F)cc(S(F)(F)(F)(F)F)c1. The van der Waals surface area contributed by atoms with Crippen LogP contribution >= 0.6 is 20.4 Å². The Morgan fingerprint density at radius 3 is 1.05 bits per heavy atom. The van der Waals surface area contributed by atoms with Crippen LogP contribution in [0.3, 0.4) is 0 Å². The first kappa shape index (κ1) is 16.3. The second-order valence-corrected chi connectivity index (χ2v) is 8.49. The molecule has 3 radical (unpaired) electrons. The Morgan fingerprint density at radius 2 is 0.842 bits per heavy atom. The summed E-state index contributed by atoms with van der Waals surface area (Å²) >= 11 is 0. The highest BCUT2D eigenvalue weighted by Crippen LogP contribution is 3.04. The van der Waals surface area contributed by atoms with Crippen LogP contribution in [0.2, 0.25) is 0 Å². The van der Waals surface area contributed by atoms with Crippen molar-refractivity contribution in [2.75, 3.05) is 0 Å². The molecule has 0 aromatic heterocycles. The smallest absolute Gasteiger partial charge is 0.310 e. The molecule has 0 spiro atoms. The third-order valence-corrected chi connectivity index (χ3v) is 4.05. The van der Waals surface area contributed by atoms with E-state index in [0.717, 1.165) is 0 Å². The van der Waals surface area contributed by atoms with E-state index in [2.05, 4.69) is 7.85 Å². The minimum absolute atomic E-state index is 0.533. The molecule has 0 atom stereocenters. The van der Waals surface area contributed by atoms with Crippen molar-refractivity contribution in [1.29, 1.82) is 0 Å². The fraction of sp³-hybridized carbons (Fsp3) is 0. The van der Waals surface area contributed by atoms with Crippen molar-refractivity contribution in [2.24, 2.45) is 0 Å². The first-order chi connectivity index (χ1) is 7.58. The second-order valence-electron chi connectivity index (χ2n) is 3.68. The van der Waals surface area contributed by atoms with Crippen molar-refractivity contribution >= 4 is 33.8 Å². The Kier molecular flexibility index (Phi) is 2.31. The standard InChI is InChI=1S/C6H3BF10S2/c7-4-1-5(18(8,9,10,11)12)3-6(2-4)19(13,14,15,16)17/h1-3H/q-1. The molecule has 1 aromatic carbocycles. The van der Waals surface area contributed by atoms with Crippen LogP contribution in [0.4, 0.5) is 38.9 Å². The van der Waals surface area contributed by atoms with Gasteiger partial charge in [-0.15, -0.1) is 0 Å². The lowest BCUT2D eigenvalue weighted by molar-refractivity contribution is 0.360. The van der Waals surface area contributed by atoms with Gasteiger partial charge in [-0.1, -0.05) is 51.0 Å². The van der Waals surface area contributed by atoms with E-state index in [4.69, 9.17) is 0 Å². The summed E-state index contributed by atoms with van der Waals surface area (Å²) < 4.78 is 123. The number of hydrogen-bond acceptors (Lipinski definition) is 0. The summed E-state index contributed by atoms with van der Waals surface area (Å²) in [6.07, 6.45) is 0. The number of halogens is 10. The van der Waals surface area contributed by atoms with Crippen molar-refractivity contribution in [2.45, 2.75) is 9.79 Å². The van der Waals surface area contributed by atoms with Gasteiger partial charge in [0.2, 0.25) is 0 Å². The number of benzene rings is 1. The second kappa shape index (κ2) is 2.69. The summed E-state index contributed by atoms with van der Waals surface area (Å²) in [6.45, 7) is 0. The molecule has 0 aliphatic carbocycles. The molecular weight excluding hydrogens is 337 g/mol. The molecule has 0 fully saturated rings. The first-order valence-corrected chi connectivity index (χ1v) is 7.87. The highest BCUT2D eigenvalue weighted by Gasteiger charge is 2.69. The number of hydrogen-bond donors (Lipinski definition) is 0. The van der Waals surface area contributed by atoms with Gasteiger partial charge in [0, 0.05) is 0 Å². The Labute approximate surface area is 101 Å². The zero-order chi connectivity index (χ0) is 15.7. The van der Waals surface area contributed by atoms with Crippen molar-refractivity contribution in [3.63, 3.8) is 0 Å². The monoisotopic (exact) mass is 340 g/mol. The van der Waals surface area contributed by atoms with Gasteiger partial charge < -0.3 is 13.3 Å². The van der Waals surface area contributed by atoms with Crippen molar-refractivity contribution in [1.82, 2.24) is 0 Å². The fourth-order valence-electron chi connectivity index (χ4n) is 1.04. The molecule has 0 bridgehead atoms. The van der Waals surface area contributed by atoms with Crippen LogP contribution in [-0.2, 0) is 0 Å². The molecule has 0 N–H and O–H groups in total. The lowest BCUT2D eigenvalue weighted by Crippen LogP contribution is -2.16. The van der Waals surface area contributed by atoms with Gasteiger partial charge in [0.05, 0.1) is 0 Å². The summed E-state index contributed by atoms with van der Waals surface area (Å²) in [5.41, 5.74) is -1.51. The maximum absolute atomic E-state index is 12.3. The maximum atomic E-state index is 12.3. The minimum atomic E-state index is -10.5. The largest absolute Gasteiger partial charge is 0.580 e. The predicted molar refractivity (Wildman–Crippen MR) is 54.6 cm³/mol. The van der Waals surface area contributed by atoms with E-state index in [1.165, 1.54) is 0 Å². The first-order valence-electron chi connectivity index (χ1n) is 3.97. The average Bonchev–Trinajstić information content (AvgIpc) is 1.93. The molecule has 0 saturated heterocycles. The molecule has 0 amide bonds. The zero-order valence-electron chi connectivity index (χ0n) is 8.41. The summed E-state index contributed by atoms with van der Waals surface area (Å²) in [5.74, 6) is 0. The third kappa shape index (κ3) is 4.13. The zero-order valence-corrected chi connectivity index (χ0v) is 10.0. The Hall–Kier alpha value is -0.715. The van der Waals surface area contributed by atoms with Crippen LogP contribution in [0, 0.1) is 0 Å². The summed E-state index contributed by atoms with van der Waals surface area (Å²) in [5, 5.41) is 0. The normalized spacial score (nSPS) is 21.0. The molecule has 1 aromatic rings. The Bertz CT molecular complexity index is 505. The van der Waals surface area contributed by atoms with Gasteiger partial charge >= 0.3 is 20.4 Å². The third-order valence-electron chi connectivity index (χ3n) is 1.79. The topological polar surface area (TPSA) is 0 Å². The highest BCUT2D eigenvalue weighted by atomic mass is 32.5. The molecule has 0 aliphatic rings. The van der Waals surface area contributed by atoms with Crippen LogP contribution in [0.25, 0.3) is 0 Å². The van der Waals surface area contributed by atoms with Gasteiger partial charge in [0.25, 0.3) is 0 Å². The molecule has 0 heterocycles. The Morgan fingerprint density at radius 1 is 0.579 bits per heavy atom. The summed E-state index contributed by atoms with van der Waals surface area (Å²) in [6, 6.07) is -2.40. The summed E-state index contributed by atoms with van der Waals surface area (Å²) in [7, 11) is -16.5. The number of rotatable bonds is 2. The molecule has 113 valence electrons. The van der Waals surface area contributed by atoms with E-state index in [1.807, 2.05) is 0 Å². The van der Waals surface area contributed by atoms with E-state index < -0.39 is 53.9 Å². The van der Waals surface area contributed by atoms with Crippen LogP contribution in [-0.4, -0.2) is 7.85 Å². The van der Waals surface area contributed by atoms with Gasteiger partial charge in [0.15, 0.2) is 0 Å². The van der Waals surface area contributed by atoms with Gasteiger partial charge in [-0.3, -0.25) is 0 Å². The van der Waals surface area contributed by atoms with Gasteiger partial charge in [0.1, 0.15) is 9.79 Å². The molecule has 13 heteroatoms. The van der Waals surface area contributed by atoms with E-state index in [-0.39, 0.29) is 0 Å². The minimum Gasteiger partial charge on any atom is -0.580 e. The van der Waals surface area contributed by atoms with Gasteiger partial charge in [-0.2, -0.15) is 0 Å². The van der Waals surface area contributed by atoms with Gasteiger partial charge in [-0.05, 0) is 6.07 Å². The molecular formula is C6H3BF10S2-. The molecule has 0 aliphatic heterocycles. The van der Waals surface area contributed by atoms with E-state index in [9.17, 15) is 38.9 Å². The van der Waals surface area contributed by atoms with Crippen LogP contribution in [0.15, 0.2) is 28.0 Å². The van der Waals surface area contributed by atoms with Crippen LogP contribution in [0.1, 0.15) is 0 Å². The molecule has 19 heavy (non-hydrogen) atoms. The summed E-state index contributed by atoms with van der Waals surface area (Å²) in [4.78, 5) is -6.24. The lowest BCUT2D eigenvalue weighted by Gasteiger charge is -2.45. The van der Waals surface area contributed by atoms with E-state index in [0.29, 0.717) is 0 Å². The molecule has 0 saturated carbocycles. The fourth-order valence-corrected chi connectivity index (χ4v) is 2.53. The van der Waals surface area contributed by atoms with Crippen molar-refractivity contribution in [3.05, 3.63) is 18.2 Å². The quantitative estimate of drug-likeness (QED) is 0.472. The van der Waals surface area contributed by atoms with Gasteiger partial charge in [-0.25, -0.2) is 0 Å². The van der Waals surface area contributed by atoms with Crippen LogP contribution < -0.4 is 5.46 Å². The molecule has 0 unspecified atom stereocenters. The Balaban J connectivity index is 3.79. The highest BCUT2D eigenvalue weighted by molar-refractivity contribution is 8.46. The molecule has 1 rings (SSSR count). The van der Waals surface area contributed by atoms with Crippen molar-refractivity contribution < 1.29 is 38.9 Å². The van der Waals surface area contributed by atoms with E-state index >= 15 is 0 Å². The average molecular weight is 340 g/mol. The lowest BCUT2D eigenvalue weighted by atomic mass is 9.97.